The maximum absolute atomic E-state index is 6.71. The SMILES string of the molecule is CCCCCCc1ccc(-c2cccc3c2C=C(c2ccc(CCC)o2)[CH]3[Zr][CH]2C(c3ccc(CCC)o3)=Cc3c(-c4ccc(CCCCCC)cc4)cccc32)cc1. The second-order valence-corrected chi connectivity index (χ2v) is 20.6. The van der Waals surface area contributed by atoms with Gasteiger partial charge in [0.25, 0.3) is 0 Å². The molecule has 6 aromatic rings. The minimum atomic E-state index is -1.34. The third-order valence-electron chi connectivity index (χ3n) is 12.5. The normalized spacial score (nSPS) is 15.6. The Hall–Kier alpha value is -4.20. The number of furan rings is 2. The van der Waals surface area contributed by atoms with Crippen LogP contribution in [-0.4, -0.2) is 0 Å². The number of allylic oxidation sites excluding steroid dienone is 2. The molecule has 2 nitrogen and oxygen atoms in total. The summed E-state index contributed by atoms with van der Waals surface area (Å²) in [5.41, 5.74) is 16.5. The molecule has 4 aromatic carbocycles. The van der Waals surface area contributed by atoms with Gasteiger partial charge < -0.3 is 0 Å². The first-order valence-electron chi connectivity index (χ1n) is 22.9. The van der Waals surface area contributed by atoms with Crippen LogP contribution in [-0.2, 0) is 48.9 Å². The van der Waals surface area contributed by atoms with Crippen LogP contribution >= 0.6 is 0 Å². The quantitative estimate of drug-likeness (QED) is 0.0715. The van der Waals surface area contributed by atoms with Gasteiger partial charge in [0.2, 0.25) is 0 Å². The molecule has 0 spiro atoms. The Balaban J connectivity index is 1.17. The number of hydrogen-bond donors (Lipinski definition) is 0. The van der Waals surface area contributed by atoms with Gasteiger partial charge in [0.1, 0.15) is 0 Å². The predicted octanol–water partition coefficient (Wildman–Crippen LogP) is 16.3. The van der Waals surface area contributed by atoms with Crippen LogP contribution in [0.2, 0.25) is 0 Å². The number of hydrogen-bond acceptors (Lipinski definition) is 2. The molecule has 59 heavy (non-hydrogen) atoms. The molecule has 302 valence electrons. The topological polar surface area (TPSA) is 26.3 Å². The molecular weight excluding hydrogens is 796 g/mol. The van der Waals surface area contributed by atoms with Crippen LogP contribution in [0.4, 0.5) is 0 Å². The zero-order valence-corrected chi connectivity index (χ0v) is 38.4. The molecule has 0 N–H and O–H groups in total. The Bertz CT molecular complexity index is 2200. The van der Waals surface area contributed by atoms with E-state index in [-0.39, 0.29) is 0 Å². The fourth-order valence-electron chi connectivity index (χ4n) is 9.30. The van der Waals surface area contributed by atoms with Crippen molar-refractivity contribution in [2.24, 2.45) is 0 Å². The molecule has 0 aliphatic heterocycles. The molecule has 3 heteroatoms. The first-order chi connectivity index (χ1) is 29.1. The van der Waals surface area contributed by atoms with Gasteiger partial charge in [-0.2, -0.15) is 0 Å². The van der Waals surface area contributed by atoms with Gasteiger partial charge >= 0.3 is 341 Å². The molecule has 0 amide bonds. The summed E-state index contributed by atoms with van der Waals surface area (Å²) in [5, 5.41) is 0. The van der Waals surface area contributed by atoms with E-state index in [1.807, 2.05) is 0 Å². The van der Waals surface area contributed by atoms with Gasteiger partial charge in [-0.05, 0) is 0 Å². The van der Waals surface area contributed by atoms with Gasteiger partial charge in [-0.1, -0.05) is 26.7 Å². The summed E-state index contributed by atoms with van der Waals surface area (Å²) in [6, 6.07) is 41.9. The number of fused-ring (bicyclic) bond motifs is 2. The van der Waals surface area contributed by atoms with Crippen LogP contribution in [0.5, 0.6) is 0 Å². The standard InChI is InChI=1S/2C28H31O.Zr/c2*1-3-5-6-7-10-21-13-15-22(16-14-21)26-12-8-11-23-19-24(20-27(23)26)28-18-17-25(29-28)9-4-2;/h2*8,11-20H,3-7,9-10H2,1-2H3;. The van der Waals surface area contributed by atoms with Crippen molar-refractivity contribution >= 4 is 23.3 Å². The van der Waals surface area contributed by atoms with Crippen LogP contribution in [0.15, 0.2) is 118 Å². The molecule has 2 aliphatic rings. The van der Waals surface area contributed by atoms with Crippen LogP contribution in [0.3, 0.4) is 0 Å². The maximum atomic E-state index is 6.71. The van der Waals surface area contributed by atoms with Gasteiger partial charge in [0, 0.05) is 0 Å². The van der Waals surface area contributed by atoms with Crippen molar-refractivity contribution in [1.82, 2.24) is 0 Å². The Labute approximate surface area is 365 Å². The fourth-order valence-corrected chi connectivity index (χ4v) is 14.2. The van der Waals surface area contributed by atoms with Gasteiger partial charge in [-0.15, -0.1) is 0 Å². The Morgan fingerprint density at radius 2 is 0.864 bits per heavy atom. The van der Waals surface area contributed by atoms with E-state index in [2.05, 4.69) is 149 Å². The summed E-state index contributed by atoms with van der Waals surface area (Å²) in [6.07, 6.45) is 21.7. The molecule has 2 aliphatic carbocycles. The van der Waals surface area contributed by atoms with Gasteiger partial charge in [0.15, 0.2) is 0 Å². The van der Waals surface area contributed by atoms with Crippen molar-refractivity contribution in [1.29, 1.82) is 0 Å². The second-order valence-electron chi connectivity index (χ2n) is 16.9. The second kappa shape index (κ2) is 19.9. The van der Waals surface area contributed by atoms with E-state index in [1.165, 1.54) is 118 Å². The van der Waals surface area contributed by atoms with E-state index in [1.54, 1.807) is 0 Å². The van der Waals surface area contributed by atoms with E-state index in [0.717, 1.165) is 61.6 Å². The summed E-state index contributed by atoms with van der Waals surface area (Å²) in [6.45, 7) is 9.03. The molecule has 8 rings (SSSR count). The Morgan fingerprint density at radius 3 is 1.27 bits per heavy atom. The van der Waals surface area contributed by atoms with E-state index in [0.29, 0.717) is 7.25 Å². The van der Waals surface area contributed by atoms with E-state index in [4.69, 9.17) is 8.83 Å². The van der Waals surface area contributed by atoms with Crippen molar-refractivity contribution in [3.63, 3.8) is 0 Å². The van der Waals surface area contributed by atoms with Gasteiger partial charge in [-0.25, -0.2) is 0 Å². The Morgan fingerprint density at radius 1 is 0.424 bits per heavy atom. The number of benzene rings is 4. The van der Waals surface area contributed by atoms with Crippen LogP contribution in [0.1, 0.15) is 156 Å². The number of rotatable bonds is 20. The number of aryl methyl sites for hydroxylation is 4. The van der Waals surface area contributed by atoms with Crippen LogP contribution < -0.4 is 0 Å². The minimum absolute atomic E-state index is 0.326. The summed E-state index contributed by atoms with van der Waals surface area (Å²) in [5.74, 6) is 4.25. The van der Waals surface area contributed by atoms with Crippen molar-refractivity contribution < 1.29 is 32.1 Å². The average molecular weight is 858 g/mol. The van der Waals surface area contributed by atoms with Crippen molar-refractivity contribution in [3.8, 4) is 22.3 Å². The molecule has 2 atom stereocenters. The van der Waals surface area contributed by atoms with E-state index in [9.17, 15) is 0 Å². The van der Waals surface area contributed by atoms with Crippen molar-refractivity contribution in [2.45, 2.75) is 125 Å². The molecule has 0 radical (unpaired) electrons. The Kier molecular flexibility index (Phi) is 14.0. The monoisotopic (exact) mass is 856 g/mol. The average Bonchev–Trinajstić information content (AvgIpc) is 4.08. The van der Waals surface area contributed by atoms with Gasteiger partial charge in [-0.3, -0.25) is 0 Å². The van der Waals surface area contributed by atoms with Crippen molar-refractivity contribution in [2.75, 3.05) is 0 Å². The molecular formula is C56H62O2Zr. The molecule has 0 saturated heterocycles. The van der Waals surface area contributed by atoms with E-state index >= 15 is 0 Å². The molecule has 0 fully saturated rings. The van der Waals surface area contributed by atoms with Gasteiger partial charge in [0.05, 0.1) is 0 Å². The summed E-state index contributed by atoms with van der Waals surface area (Å²) in [7, 11) is 0. The summed E-state index contributed by atoms with van der Waals surface area (Å²) >= 11 is -1.34. The van der Waals surface area contributed by atoms with E-state index < -0.39 is 23.2 Å². The first-order valence-corrected chi connectivity index (χ1v) is 25.7. The van der Waals surface area contributed by atoms with Crippen LogP contribution in [0.25, 0.3) is 45.6 Å². The molecule has 0 saturated carbocycles. The van der Waals surface area contributed by atoms with Crippen LogP contribution in [0, 0.1) is 0 Å². The molecule has 2 unspecified atom stereocenters. The third kappa shape index (κ3) is 9.42. The first kappa shape index (κ1) is 41.5. The molecule has 2 aromatic heterocycles. The summed E-state index contributed by atoms with van der Waals surface area (Å²) < 4.78 is 14.1. The predicted molar refractivity (Wildman–Crippen MR) is 246 cm³/mol. The molecule has 2 heterocycles. The number of unbranched alkanes of at least 4 members (excludes halogenated alkanes) is 6. The fraction of sp³-hybridized carbons (Fsp3) is 0.357. The third-order valence-corrected chi connectivity index (χ3v) is 17.2. The summed E-state index contributed by atoms with van der Waals surface area (Å²) in [4.78, 5) is 0. The van der Waals surface area contributed by atoms with Crippen molar-refractivity contribution in [3.05, 3.63) is 166 Å². The molecule has 0 bridgehead atoms. The zero-order valence-electron chi connectivity index (χ0n) is 35.9. The zero-order chi connectivity index (χ0) is 40.6.